The van der Waals surface area contributed by atoms with Crippen LogP contribution in [0.4, 0.5) is 0 Å². The summed E-state index contributed by atoms with van der Waals surface area (Å²) in [5.74, 6) is 5.66. The van der Waals surface area contributed by atoms with Gasteiger partial charge in [0.25, 0.3) is 5.91 Å². The van der Waals surface area contributed by atoms with Gasteiger partial charge in [-0.3, -0.25) is 4.79 Å². The molecule has 0 saturated carbocycles. The van der Waals surface area contributed by atoms with E-state index in [1.807, 2.05) is 59.5 Å². The van der Waals surface area contributed by atoms with E-state index in [0.29, 0.717) is 18.5 Å². The van der Waals surface area contributed by atoms with E-state index >= 15 is 0 Å². The number of benzene rings is 3. The van der Waals surface area contributed by atoms with Crippen LogP contribution in [0.1, 0.15) is 30.4 Å². The highest BCUT2D eigenvalue weighted by Crippen LogP contribution is 2.34. The van der Waals surface area contributed by atoms with Gasteiger partial charge in [-0.15, -0.1) is 6.42 Å². The molecular formula is C30H29NO4. The van der Waals surface area contributed by atoms with Gasteiger partial charge >= 0.3 is 0 Å². The number of para-hydroxylation sites is 1. The molecule has 0 N–H and O–H groups in total. The molecule has 1 amide bonds. The zero-order valence-corrected chi connectivity index (χ0v) is 19.7. The molecule has 0 spiro atoms. The van der Waals surface area contributed by atoms with Gasteiger partial charge in [-0.2, -0.15) is 0 Å². The van der Waals surface area contributed by atoms with Crippen LogP contribution in [0, 0.1) is 18.3 Å². The van der Waals surface area contributed by atoms with Gasteiger partial charge < -0.3 is 19.1 Å². The number of ether oxygens (including phenoxy) is 3. The highest BCUT2D eigenvalue weighted by atomic mass is 16.7. The van der Waals surface area contributed by atoms with Crippen LogP contribution in [0.3, 0.4) is 0 Å². The van der Waals surface area contributed by atoms with Crippen LogP contribution < -0.4 is 14.2 Å². The summed E-state index contributed by atoms with van der Waals surface area (Å²) in [6.07, 6.45) is 9.64. The van der Waals surface area contributed by atoms with Crippen molar-refractivity contribution >= 4 is 5.91 Å². The lowest BCUT2D eigenvalue weighted by molar-refractivity contribution is -0.134. The Morgan fingerprint density at radius 2 is 1.77 bits per heavy atom. The van der Waals surface area contributed by atoms with E-state index in [9.17, 15) is 4.79 Å². The minimum absolute atomic E-state index is 0.0386. The molecule has 3 aromatic carbocycles. The topological polar surface area (TPSA) is 48.0 Å². The second-order valence-electron chi connectivity index (χ2n) is 9.06. The van der Waals surface area contributed by atoms with Crippen LogP contribution >= 0.6 is 0 Å². The zero-order valence-electron chi connectivity index (χ0n) is 19.7. The number of carbonyl (C=O) groups excluding carboxylic acids is 1. The van der Waals surface area contributed by atoms with Crippen molar-refractivity contribution in [1.29, 1.82) is 0 Å². The summed E-state index contributed by atoms with van der Waals surface area (Å²) in [7, 11) is 0. The van der Waals surface area contributed by atoms with E-state index in [4.69, 9.17) is 20.6 Å². The number of hydrogen-bond donors (Lipinski definition) is 0. The molecule has 35 heavy (non-hydrogen) atoms. The van der Waals surface area contributed by atoms with E-state index in [1.165, 1.54) is 5.56 Å². The standard InChI is InChI=1S/C30H29NO4/c1-2-22-9-12-25(13-10-22)26-5-3-4-6-27(26)33-20-30(32)31-17-15-23(16-18-31)7-8-24-11-14-28-29(19-24)35-21-34-28/h1,3-6,9-14,19,23H,7-8,15-18,20-21H2. The first-order valence-corrected chi connectivity index (χ1v) is 12.1. The number of hydrogen-bond acceptors (Lipinski definition) is 4. The van der Waals surface area contributed by atoms with Crippen molar-refractivity contribution in [2.45, 2.75) is 25.7 Å². The molecule has 0 unspecified atom stereocenters. The predicted octanol–water partition coefficient (Wildman–Crippen LogP) is 5.31. The fraction of sp³-hybridized carbons (Fsp3) is 0.300. The predicted molar refractivity (Wildman–Crippen MR) is 135 cm³/mol. The van der Waals surface area contributed by atoms with Gasteiger partial charge in [0.05, 0.1) is 0 Å². The molecule has 3 aromatic rings. The average molecular weight is 468 g/mol. The molecule has 2 heterocycles. The summed E-state index contributed by atoms with van der Waals surface area (Å²) in [5.41, 5.74) is 4.07. The monoisotopic (exact) mass is 467 g/mol. The fourth-order valence-corrected chi connectivity index (χ4v) is 4.75. The number of carbonyl (C=O) groups is 1. The van der Waals surface area contributed by atoms with Gasteiger partial charge in [-0.1, -0.05) is 42.3 Å². The number of amides is 1. The average Bonchev–Trinajstić information content (AvgIpc) is 3.39. The number of nitrogens with zero attached hydrogens (tertiary/aromatic N) is 1. The number of aryl methyl sites for hydroxylation is 1. The van der Waals surface area contributed by atoms with Gasteiger partial charge in [0.15, 0.2) is 18.1 Å². The summed E-state index contributed by atoms with van der Waals surface area (Å²) in [6.45, 7) is 1.91. The second kappa shape index (κ2) is 10.6. The maximum atomic E-state index is 12.9. The Kier molecular flexibility index (Phi) is 6.90. The molecule has 0 atom stereocenters. The Balaban J connectivity index is 1.10. The Labute approximate surface area is 206 Å². The fourth-order valence-electron chi connectivity index (χ4n) is 4.75. The Hall–Kier alpha value is -3.91. The third-order valence-electron chi connectivity index (χ3n) is 6.85. The number of terminal acetylenes is 1. The molecule has 5 heteroatoms. The molecule has 2 aliphatic rings. The highest BCUT2D eigenvalue weighted by Gasteiger charge is 2.23. The summed E-state index contributed by atoms with van der Waals surface area (Å²) in [4.78, 5) is 14.8. The van der Waals surface area contributed by atoms with Gasteiger partial charge in [0.2, 0.25) is 6.79 Å². The molecule has 2 aliphatic heterocycles. The van der Waals surface area contributed by atoms with E-state index in [0.717, 1.165) is 67.0 Å². The van der Waals surface area contributed by atoms with Gasteiger partial charge in [-0.25, -0.2) is 0 Å². The first-order valence-electron chi connectivity index (χ1n) is 12.1. The Morgan fingerprint density at radius 3 is 2.57 bits per heavy atom. The van der Waals surface area contributed by atoms with Crippen molar-refractivity contribution in [2.75, 3.05) is 26.5 Å². The van der Waals surface area contributed by atoms with Crippen LogP contribution in [-0.4, -0.2) is 37.3 Å². The van der Waals surface area contributed by atoms with Crippen molar-refractivity contribution in [3.63, 3.8) is 0 Å². The van der Waals surface area contributed by atoms with Crippen molar-refractivity contribution in [2.24, 2.45) is 5.92 Å². The normalized spacial score (nSPS) is 15.0. The minimum atomic E-state index is 0.0386. The largest absolute Gasteiger partial charge is 0.483 e. The molecule has 178 valence electrons. The number of likely N-dealkylation sites (tertiary alicyclic amines) is 1. The maximum absolute atomic E-state index is 12.9. The van der Waals surface area contributed by atoms with E-state index in [2.05, 4.69) is 18.1 Å². The van der Waals surface area contributed by atoms with Gasteiger partial charge in [-0.05, 0) is 73.1 Å². The molecule has 1 saturated heterocycles. The SMILES string of the molecule is C#Cc1ccc(-c2ccccc2OCC(=O)N2CCC(CCc3ccc4c(c3)OCO4)CC2)cc1. The van der Waals surface area contributed by atoms with E-state index < -0.39 is 0 Å². The lowest BCUT2D eigenvalue weighted by Crippen LogP contribution is -2.41. The van der Waals surface area contributed by atoms with E-state index in [1.54, 1.807) is 0 Å². The van der Waals surface area contributed by atoms with Crippen LogP contribution in [-0.2, 0) is 11.2 Å². The van der Waals surface area contributed by atoms with Crippen molar-refractivity contribution in [3.05, 3.63) is 77.9 Å². The van der Waals surface area contributed by atoms with Crippen molar-refractivity contribution < 1.29 is 19.0 Å². The first-order chi connectivity index (χ1) is 17.2. The van der Waals surface area contributed by atoms with Crippen molar-refractivity contribution in [1.82, 2.24) is 4.90 Å². The number of piperidine rings is 1. The summed E-state index contributed by atoms with van der Waals surface area (Å²) in [6, 6.07) is 21.8. The molecule has 0 aliphatic carbocycles. The smallest absolute Gasteiger partial charge is 0.260 e. The van der Waals surface area contributed by atoms with Crippen LogP contribution in [0.5, 0.6) is 17.2 Å². The molecule has 0 bridgehead atoms. The van der Waals surface area contributed by atoms with E-state index in [-0.39, 0.29) is 12.5 Å². The molecule has 0 radical (unpaired) electrons. The molecule has 0 aromatic heterocycles. The lowest BCUT2D eigenvalue weighted by Gasteiger charge is -2.32. The number of fused-ring (bicyclic) bond motifs is 1. The summed E-state index contributed by atoms with van der Waals surface area (Å²) < 4.78 is 16.9. The van der Waals surface area contributed by atoms with Crippen molar-refractivity contribution in [3.8, 4) is 40.7 Å². The third-order valence-corrected chi connectivity index (χ3v) is 6.85. The molecule has 5 rings (SSSR count). The van der Waals surface area contributed by atoms with Crippen LogP contribution in [0.2, 0.25) is 0 Å². The Bertz CT molecular complexity index is 1220. The molecule has 1 fully saturated rings. The molecule has 5 nitrogen and oxygen atoms in total. The minimum Gasteiger partial charge on any atom is -0.483 e. The lowest BCUT2D eigenvalue weighted by atomic mass is 9.90. The highest BCUT2D eigenvalue weighted by molar-refractivity contribution is 5.78. The molecular weight excluding hydrogens is 438 g/mol. The first kappa shape index (κ1) is 22.9. The quantitative estimate of drug-likeness (QED) is 0.442. The van der Waals surface area contributed by atoms with Crippen LogP contribution in [0.25, 0.3) is 11.1 Å². The maximum Gasteiger partial charge on any atom is 0.260 e. The second-order valence-corrected chi connectivity index (χ2v) is 9.06. The van der Waals surface area contributed by atoms with Crippen LogP contribution in [0.15, 0.2) is 66.7 Å². The third kappa shape index (κ3) is 5.44. The Morgan fingerprint density at radius 1 is 1.00 bits per heavy atom. The van der Waals surface area contributed by atoms with Gasteiger partial charge in [0, 0.05) is 24.2 Å². The summed E-state index contributed by atoms with van der Waals surface area (Å²) in [5, 5.41) is 0. The van der Waals surface area contributed by atoms with Gasteiger partial charge in [0.1, 0.15) is 5.75 Å². The zero-order chi connectivity index (χ0) is 24.0. The number of rotatable bonds is 7. The summed E-state index contributed by atoms with van der Waals surface area (Å²) >= 11 is 0.